The average Bonchev–Trinajstić information content (AvgIpc) is 3.15. The van der Waals surface area contributed by atoms with Gasteiger partial charge in [-0.25, -0.2) is 4.79 Å². The molecule has 0 N–H and O–H groups in total. The van der Waals surface area contributed by atoms with Gasteiger partial charge in [0.05, 0.1) is 33.0 Å². The van der Waals surface area contributed by atoms with E-state index in [1.165, 1.54) is 0 Å². The molecule has 0 amide bonds. The number of para-hydroxylation sites is 1. The van der Waals surface area contributed by atoms with Crippen molar-refractivity contribution >= 4 is 6.16 Å². The number of benzene rings is 5. The first-order valence-electron chi connectivity index (χ1n) is 16.4. The molecule has 0 radical (unpaired) electrons. The van der Waals surface area contributed by atoms with Crippen LogP contribution < -0.4 is 4.74 Å². The normalized spacial score (nSPS) is 20.4. The van der Waals surface area contributed by atoms with E-state index in [1.807, 2.05) is 127 Å². The topological polar surface area (TPSA) is 81.7 Å². The van der Waals surface area contributed by atoms with E-state index in [9.17, 15) is 4.79 Å². The summed E-state index contributed by atoms with van der Waals surface area (Å²) in [4.78, 5) is 13.2. The second-order valence-corrected chi connectivity index (χ2v) is 11.6. The van der Waals surface area contributed by atoms with Crippen LogP contribution in [0.25, 0.3) is 0 Å². The molecule has 5 aromatic carbocycles. The summed E-state index contributed by atoms with van der Waals surface area (Å²) in [5.74, 6) is 0.341. The van der Waals surface area contributed by atoms with E-state index in [-0.39, 0.29) is 19.8 Å². The van der Waals surface area contributed by atoms with Crippen LogP contribution in [-0.2, 0) is 54.8 Å². The van der Waals surface area contributed by atoms with Crippen molar-refractivity contribution in [3.8, 4) is 5.75 Å². The maximum Gasteiger partial charge on any atom is 0.516 e. The molecule has 1 heterocycles. The van der Waals surface area contributed by atoms with Crippen LogP contribution in [0.5, 0.6) is 5.75 Å². The fourth-order valence-electron chi connectivity index (χ4n) is 5.55. The van der Waals surface area contributed by atoms with Crippen LogP contribution in [0.1, 0.15) is 22.3 Å². The summed E-state index contributed by atoms with van der Waals surface area (Å²) in [5.41, 5.74) is 3.90. The number of carbonyl (C=O) groups excluding carboxylic acids is 1. The molecule has 252 valence electrons. The van der Waals surface area contributed by atoms with Crippen molar-refractivity contribution < 1.29 is 38.0 Å². The predicted octanol–water partition coefficient (Wildman–Crippen LogP) is 7.90. The lowest BCUT2D eigenvalue weighted by molar-refractivity contribution is -0.317. The van der Waals surface area contributed by atoms with Crippen LogP contribution in [-0.4, -0.2) is 43.5 Å². The fourth-order valence-corrected chi connectivity index (χ4v) is 5.55. The van der Waals surface area contributed by atoms with Gasteiger partial charge in [0.2, 0.25) is 6.29 Å². The van der Waals surface area contributed by atoms with Crippen LogP contribution in [0.3, 0.4) is 0 Å². The largest absolute Gasteiger partial charge is 0.516 e. The molecule has 1 aliphatic heterocycles. The van der Waals surface area contributed by atoms with Gasteiger partial charge < -0.3 is 33.2 Å². The van der Waals surface area contributed by atoms with E-state index < -0.39 is 36.9 Å². The Hall–Kier alpha value is -4.83. The van der Waals surface area contributed by atoms with Crippen LogP contribution in [0.2, 0.25) is 0 Å². The SMILES string of the molecule is O=C(Oc1ccccc1)OC1O[C@H](COCc2ccccc2)[C@@H](OCc2ccccc2)[C@H](OCc2ccccc2)[C@@H]1OCc1ccccc1. The first-order chi connectivity index (χ1) is 24.2. The Labute approximate surface area is 287 Å². The van der Waals surface area contributed by atoms with E-state index in [0.29, 0.717) is 19.0 Å². The summed E-state index contributed by atoms with van der Waals surface area (Å²) in [6, 6.07) is 48.1. The number of rotatable bonds is 15. The molecule has 5 atom stereocenters. The van der Waals surface area contributed by atoms with Gasteiger partial charge in [-0.1, -0.05) is 140 Å². The zero-order valence-electron chi connectivity index (χ0n) is 27.1. The minimum atomic E-state index is -1.21. The predicted molar refractivity (Wildman–Crippen MR) is 183 cm³/mol. The lowest BCUT2D eigenvalue weighted by Crippen LogP contribution is -2.62. The standard InChI is InChI=1S/C41H40O8/c42-41(47-35-24-14-5-15-25-35)49-40-39(46-29-34-22-12-4-13-23-34)38(45-28-33-20-10-3-11-21-33)37(44-27-32-18-8-2-9-19-32)36(48-40)30-43-26-31-16-6-1-7-17-31/h1-25,36-40H,26-30H2/t36-,37-,38+,39+,40?/m1/s1. The maximum absolute atomic E-state index is 13.2. The number of ether oxygens (including phenoxy) is 7. The monoisotopic (exact) mass is 660 g/mol. The molecule has 8 heteroatoms. The zero-order chi connectivity index (χ0) is 33.5. The third-order valence-electron chi connectivity index (χ3n) is 8.00. The van der Waals surface area contributed by atoms with Crippen LogP contribution in [0.15, 0.2) is 152 Å². The smallest absolute Gasteiger partial charge is 0.401 e. The molecule has 8 nitrogen and oxygen atoms in total. The maximum atomic E-state index is 13.2. The van der Waals surface area contributed by atoms with Crippen molar-refractivity contribution in [2.45, 2.75) is 57.1 Å². The lowest BCUT2D eigenvalue weighted by Gasteiger charge is -2.45. The Morgan fingerprint density at radius 1 is 0.490 bits per heavy atom. The second kappa shape index (κ2) is 18.1. The second-order valence-electron chi connectivity index (χ2n) is 11.6. The van der Waals surface area contributed by atoms with E-state index in [1.54, 1.807) is 24.3 Å². The van der Waals surface area contributed by atoms with E-state index in [2.05, 4.69) is 0 Å². The molecule has 5 aromatic rings. The van der Waals surface area contributed by atoms with Crippen LogP contribution in [0, 0.1) is 0 Å². The Morgan fingerprint density at radius 2 is 0.898 bits per heavy atom. The van der Waals surface area contributed by atoms with Crippen molar-refractivity contribution in [1.82, 2.24) is 0 Å². The summed E-state index contributed by atoms with van der Waals surface area (Å²) in [6.07, 6.45) is -5.12. The van der Waals surface area contributed by atoms with E-state index in [4.69, 9.17) is 33.2 Å². The van der Waals surface area contributed by atoms with Gasteiger partial charge in [0.1, 0.15) is 30.2 Å². The highest BCUT2D eigenvalue weighted by Gasteiger charge is 2.50. The third-order valence-corrected chi connectivity index (χ3v) is 8.00. The first kappa shape index (κ1) is 34.0. The molecule has 0 spiro atoms. The van der Waals surface area contributed by atoms with Crippen LogP contribution in [0.4, 0.5) is 4.79 Å². The highest BCUT2D eigenvalue weighted by Crippen LogP contribution is 2.32. The van der Waals surface area contributed by atoms with Crippen molar-refractivity contribution in [3.63, 3.8) is 0 Å². The first-order valence-corrected chi connectivity index (χ1v) is 16.4. The number of hydrogen-bond donors (Lipinski definition) is 0. The molecule has 0 saturated carbocycles. The van der Waals surface area contributed by atoms with Crippen molar-refractivity contribution in [3.05, 3.63) is 174 Å². The molecule has 0 aliphatic carbocycles. The molecular formula is C41H40O8. The van der Waals surface area contributed by atoms with Gasteiger partial charge in [-0.15, -0.1) is 0 Å². The highest BCUT2D eigenvalue weighted by molar-refractivity contribution is 5.63. The number of hydrogen-bond acceptors (Lipinski definition) is 8. The Kier molecular flexibility index (Phi) is 12.6. The summed E-state index contributed by atoms with van der Waals surface area (Å²) in [6.45, 7) is 1.27. The molecule has 6 rings (SSSR count). The van der Waals surface area contributed by atoms with Gasteiger partial charge in [0.25, 0.3) is 0 Å². The molecule has 0 bridgehead atoms. The number of carbonyl (C=O) groups is 1. The molecular weight excluding hydrogens is 620 g/mol. The van der Waals surface area contributed by atoms with Crippen molar-refractivity contribution in [2.75, 3.05) is 6.61 Å². The van der Waals surface area contributed by atoms with Gasteiger partial charge in [-0.3, -0.25) is 0 Å². The average molecular weight is 661 g/mol. The minimum absolute atomic E-state index is 0.137. The molecule has 1 fully saturated rings. The third kappa shape index (κ3) is 10.3. The molecule has 0 aromatic heterocycles. The summed E-state index contributed by atoms with van der Waals surface area (Å²) < 4.78 is 44.0. The summed E-state index contributed by atoms with van der Waals surface area (Å²) in [7, 11) is 0. The van der Waals surface area contributed by atoms with E-state index >= 15 is 0 Å². The van der Waals surface area contributed by atoms with E-state index in [0.717, 1.165) is 22.3 Å². The van der Waals surface area contributed by atoms with Gasteiger partial charge in [0, 0.05) is 0 Å². The van der Waals surface area contributed by atoms with Crippen molar-refractivity contribution in [2.24, 2.45) is 0 Å². The van der Waals surface area contributed by atoms with Gasteiger partial charge in [0.15, 0.2) is 0 Å². The van der Waals surface area contributed by atoms with Gasteiger partial charge in [-0.05, 0) is 34.4 Å². The van der Waals surface area contributed by atoms with Gasteiger partial charge in [-0.2, -0.15) is 0 Å². The fraction of sp³-hybridized carbons (Fsp3) is 0.244. The summed E-state index contributed by atoms with van der Waals surface area (Å²) >= 11 is 0. The molecule has 1 unspecified atom stereocenters. The Balaban J connectivity index is 1.30. The van der Waals surface area contributed by atoms with Crippen LogP contribution >= 0.6 is 0 Å². The lowest BCUT2D eigenvalue weighted by atomic mass is 9.97. The molecule has 1 aliphatic rings. The van der Waals surface area contributed by atoms with Gasteiger partial charge >= 0.3 is 6.16 Å². The highest BCUT2D eigenvalue weighted by atomic mass is 16.8. The zero-order valence-corrected chi connectivity index (χ0v) is 27.1. The quantitative estimate of drug-likeness (QED) is 0.0829. The molecule has 49 heavy (non-hydrogen) atoms. The van der Waals surface area contributed by atoms with Crippen molar-refractivity contribution in [1.29, 1.82) is 0 Å². The summed E-state index contributed by atoms with van der Waals surface area (Å²) in [5, 5.41) is 0. The Morgan fingerprint density at radius 3 is 1.39 bits per heavy atom. The Bertz CT molecular complexity index is 1660. The molecule has 1 saturated heterocycles. The minimum Gasteiger partial charge on any atom is -0.401 e.